The molecule has 13 rings (SSSR count). The van der Waals surface area contributed by atoms with Gasteiger partial charge >= 0.3 is 0 Å². The molecule has 0 bridgehead atoms. The van der Waals surface area contributed by atoms with Crippen LogP contribution < -0.4 is 9.80 Å². The molecule has 0 aromatic heterocycles. The minimum absolute atomic E-state index is 0.499. The summed E-state index contributed by atoms with van der Waals surface area (Å²) in [6.07, 6.45) is 4.37. The normalized spacial score (nSPS) is 14.3. The number of hydrogen-bond acceptors (Lipinski definition) is 2. The van der Waals surface area contributed by atoms with Crippen molar-refractivity contribution in [1.82, 2.24) is 0 Å². The number of para-hydroxylation sites is 4. The van der Waals surface area contributed by atoms with Crippen LogP contribution in [0.3, 0.4) is 0 Å². The van der Waals surface area contributed by atoms with E-state index < -0.39 is 5.41 Å². The Morgan fingerprint density at radius 1 is 0.388 bits per heavy atom. The molecule has 1 spiro atoms. The number of benzene rings is 10. The van der Waals surface area contributed by atoms with E-state index in [4.69, 9.17) is 0 Å². The third-order valence-electron chi connectivity index (χ3n) is 14.4. The fourth-order valence-corrected chi connectivity index (χ4v) is 11.6. The van der Waals surface area contributed by atoms with Crippen molar-refractivity contribution in [2.75, 3.05) is 9.80 Å². The molecule has 1 aliphatic heterocycles. The van der Waals surface area contributed by atoms with Crippen LogP contribution in [0.1, 0.15) is 35.1 Å². The highest BCUT2D eigenvalue weighted by atomic mass is 15.2. The molecule has 67 heavy (non-hydrogen) atoms. The molecule has 0 atom stereocenters. The Morgan fingerprint density at radius 2 is 0.910 bits per heavy atom. The molecule has 0 radical (unpaired) electrons. The van der Waals surface area contributed by atoms with Crippen molar-refractivity contribution in [3.05, 3.63) is 288 Å². The van der Waals surface area contributed by atoms with Crippen LogP contribution in [0.5, 0.6) is 0 Å². The first-order chi connectivity index (χ1) is 33.3. The Labute approximate surface area is 392 Å². The molecular weight excluding hydrogens is 809 g/mol. The van der Waals surface area contributed by atoms with Crippen molar-refractivity contribution in [2.24, 2.45) is 0 Å². The van der Waals surface area contributed by atoms with Crippen LogP contribution in [-0.4, -0.2) is 0 Å². The maximum Gasteiger partial charge on any atom is 0.0718 e. The van der Waals surface area contributed by atoms with E-state index in [2.05, 4.69) is 265 Å². The molecule has 1 heterocycles. The number of fused-ring (bicyclic) bond motifs is 9. The van der Waals surface area contributed by atoms with E-state index in [0.717, 1.165) is 29.9 Å². The van der Waals surface area contributed by atoms with Crippen LogP contribution in [0.25, 0.3) is 49.7 Å². The number of allylic oxidation sites excluding steroid dienone is 3. The predicted octanol–water partition coefficient (Wildman–Crippen LogP) is 17.2. The second-order valence-corrected chi connectivity index (χ2v) is 17.9. The summed E-state index contributed by atoms with van der Waals surface area (Å²) in [4.78, 5) is 5.04. The van der Waals surface area contributed by atoms with Gasteiger partial charge in [0, 0.05) is 22.5 Å². The summed E-state index contributed by atoms with van der Waals surface area (Å²) in [5, 5.41) is 2.51. The molecule has 0 amide bonds. The molecule has 0 saturated heterocycles. The summed E-state index contributed by atoms with van der Waals surface area (Å²) in [6, 6.07) is 91.8. The van der Waals surface area contributed by atoms with Gasteiger partial charge in [0.1, 0.15) is 0 Å². The first-order valence-corrected chi connectivity index (χ1v) is 23.5. The molecule has 2 heteroatoms. The van der Waals surface area contributed by atoms with Crippen LogP contribution in [0.15, 0.2) is 266 Å². The third kappa shape index (κ3) is 6.10. The minimum Gasteiger partial charge on any atom is -0.310 e. The topological polar surface area (TPSA) is 6.48 Å². The van der Waals surface area contributed by atoms with Gasteiger partial charge in [-0.05, 0) is 122 Å². The van der Waals surface area contributed by atoms with E-state index in [9.17, 15) is 0 Å². The van der Waals surface area contributed by atoms with Gasteiger partial charge in [-0.15, -0.1) is 0 Å². The van der Waals surface area contributed by atoms with Crippen LogP contribution in [0, 0.1) is 0 Å². The lowest BCUT2D eigenvalue weighted by molar-refractivity contribution is 0.685. The lowest BCUT2D eigenvalue weighted by Gasteiger charge is -2.46. The quantitative estimate of drug-likeness (QED) is 0.158. The lowest BCUT2D eigenvalue weighted by Crippen LogP contribution is -2.37. The summed E-state index contributed by atoms with van der Waals surface area (Å²) in [5.74, 6) is 0. The van der Waals surface area contributed by atoms with Crippen LogP contribution >= 0.6 is 0 Å². The molecule has 3 aliphatic rings. The van der Waals surface area contributed by atoms with Gasteiger partial charge in [-0.3, -0.25) is 0 Å². The molecule has 0 unspecified atom stereocenters. The maximum absolute atomic E-state index is 2.56. The van der Waals surface area contributed by atoms with Crippen molar-refractivity contribution in [1.29, 1.82) is 0 Å². The van der Waals surface area contributed by atoms with Gasteiger partial charge in [0.2, 0.25) is 0 Å². The predicted molar refractivity (Wildman–Crippen MR) is 281 cm³/mol. The molecule has 10 aromatic rings. The van der Waals surface area contributed by atoms with Crippen molar-refractivity contribution in [3.63, 3.8) is 0 Å². The van der Waals surface area contributed by atoms with Gasteiger partial charge in [0.15, 0.2) is 0 Å². The molecule has 0 fully saturated rings. The monoisotopic (exact) mass is 854 g/mol. The highest BCUT2D eigenvalue weighted by molar-refractivity contribution is 6.03. The third-order valence-corrected chi connectivity index (χ3v) is 14.4. The summed E-state index contributed by atoms with van der Waals surface area (Å²) in [6.45, 7) is 0. The fourth-order valence-electron chi connectivity index (χ4n) is 11.6. The van der Waals surface area contributed by atoms with Crippen molar-refractivity contribution >= 4 is 44.8 Å². The summed E-state index contributed by atoms with van der Waals surface area (Å²) >= 11 is 0. The largest absolute Gasteiger partial charge is 0.310 e. The molecule has 0 N–H and O–H groups in total. The molecule has 2 nitrogen and oxygen atoms in total. The average Bonchev–Trinajstić information content (AvgIpc) is 3.71. The zero-order valence-corrected chi connectivity index (χ0v) is 37.1. The van der Waals surface area contributed by atoms with E-state index in [1.165, 1.54) is 94.6 Å². The highest BCUT2D eigenvalue weighted by Gasteiger charge is 2.54. The second kappa shape index (κ2) is 15.9. The number of hydrogen-bond donors (Lipinski definition) is 0. The van der Waals surface area contributed by atoms with Gasteiger partial charge in [-0.25, -0.2) is 0 Å². The molecule has 2 aliphatic carbocycles. The van der Waals surface area contributed by atoms with E-state index in [0.29, 0.717) is 0 Å². The van der Waals surface area contributed by atoms with Gasteiger partial charge in [-0.2, -0.15) is 0 Å². The van der Waals surface area contributed by atoms with Gasteiger partial charge < -0.3 is 9.80 Å². The smallest absolute Gasteiger partial charge is 0.0718 e. The Morgan fingerprint density at radius 3 is 1.66 bits per heavy atom. The van der Waals surface area contributed by atoms with Crippen molar-refractivity contribution in [2.45, 2.75) is 18.3 Å². The lowest BCUT2D eigenvalue weighted by atomic mass is 9.62. The molecular formula is C65H46N2. The van der Waals surface area contributed by atoms with Crippen molar-refractivity contribution < 1.29 is 0 Å². The summed E-state index contributed by atoms with van der Waals surface area (Å²) in [5.41, 5.74) is 21.9. The highest BCUT2D eigenvalue weighted by Crippen LogP contribution is 2.65. The van der Waals surface area contributed by atoms with Gasteiger partial charge in [-0.1, -0.05) is 212 Å². The molecule has 0 saturated carbocycles. The van der Waals surface area contributed by atoms with Gasteiger partial charge in [0.05, 0.1) is 28.2 Å². The zero-order valence-electron chi connectivity index (χ0n) is 37.1. The SMILES string of the molecule is C1=C(N(c2ccc(-c3cccc4ccccc34)cc2)c2ccccc2-c2ccc(-c3ccccc3)cc2)C2=C(CC1)C1(c3ccccc32)c2ccccc2N(c2ccccc2)c2ccccc21. The van der Waals surface area contributed by atoms with Crippen LogP contribution in [0.4, 0.5) is 28.4 Å². The average molecular weight is 855 g/mol. The first-order valence-electron chi connectivity index (χ1n) is 23.5. The Hall–Kier alpha value is -8.46. The van der Waals surface area contributed by atoms with Gasteiger partial charge in [0.25, 0.3) is 0 Å². The Balaban J connectivity index is 1.04. The number of anilines is 5. The van der Waals surface area contributed by atoms with E-state index in [-0.39, 0.29) is 0 Å². The Kier molecular flexibility index (Phi) is 9.25. The second-order valence-electron chi connectivity index (χ2n) is 17.9. The van der Waals surface area contributed by atoms with Crippen LogP contribution in [0.2, 0.25) is 0 Å². The van der Waals surface area contributed by atoms with Crippen LogP contribution in [-0.2, 0) is 5.41 Å². The molecule has 10 aromatic carbocycles. The fraction of sp³-hybridized carbons (Fsp3) is 0.0462. The molecule has 316 valence electrons. The van der Waals surface area contributed by atoms with Crippen molar-refractivity contribution in [3.8, 4) is 33.4 Å². The first kappa shape index (κ1) is 39.0. The summed E-state index contributed by atoms with van der Waals surface area (Å²) in [7, 11) is 0. The van der Waals surface area contributed by atoms with E-state index >= 15 is 0 Å². The Bertz CT molecular complexity index is 3510. The maximum atomic E-state index is 2.56. The number of rotatable bonds is 7. The number of nitrogens with zero attached hydrogens (tertiary/aromatic N) is 2. The van der Waals surface area contributed by atoms with E-state index in [1.807, 2.05) is 0 Å². The summed E-state index contributed by atoms with van der Waals surface area (Å²) < 4.78 is 0. The standard InChI is InChI=1S/C65H46N2/c1-3-19-45(20-4-1)46-37-39-49(40-38-46)54-26-10-14-33-60(54)66(51-43-41-48(42-44-51)53-28-17-22-47-21-7-8-25-52(47)53)63-36-18-32-59-64(63)55-27-9-11-29-56(55)65(59)57-30-12-15-34-61(57)67(50-23-5-2-6-24-50)62-35-16-13-31-58(62)65/h1-17,19-31,33-44H,18,32H2. The van der Waals surface area contributed by atoms with E-state index in [1.54, 1.807) is 0 Å². The minimum atomic E-state index is -0.499. The zero-order chi connectivity index (χ0) is 44.3.